The number of allylic oxidation sites excluding steroid dienone is 4. The van der Waals surface area contributed by atoms with Crippen LogP contribution in [0.4, 0.5) is 4.79 Å². The van der Waals surface area contributed by atoms with Gasteiger partial charge in [-0.25, -0.2) is 4.79 Å². The predicted octanol–water partition coefficient (Wildman–Crippen LogP) is 12.9. The van der Waals surface area contributed by atoms with Crippen LogP contribution in [0, 0.1) is 5.92 Å². The van der Waals surface area contributed by atoms with Crippen molar-refractivity contribution in [3.63, 3.8) is 0 Å². The lowest BCUT2D eigenvalue weighted by molar-refractivity contribution is -0.148. The molecule has 0 aliphatic heterocycles. The number of unbranched alkanes of at least 4 members (excludes halogenated alkanes) is 16. The van der Waals surface area contributed by atoms with Crippen molar-refractivity contribution >= 4 is 12.1 Å². The van der Waals surface area contributed by atoms with E-state index in [1.165, 1.54) is 89.9 Å². The van der Waals surface area contributed by atoms with E-state index >= 15 is 0 Å². The lowest BCUT2D eigenvalue weighted by Gasteiger charge is -2.21. The third kappa shape index (κ3) is 31.9. The van der Waals surface area contributed by atoms with Gasteiger partial charge in [0, 0.05) is 6.54 Å². The van der Waals surface area contributed by atoms with Crippen LogP contribution in [0.2, 0.25) is 0 Å². The first kappa shape index (κ1) is 47.2. The summed E-state index contributed by atoms with van der Waals surface area (Å²) in [4.78, 5) is 27.9. The molecular weight excluding hydrogens is 610 g/mol. The van der Waals surface area contributed by atoms with Gasteiger partial charge in [-0.1, -0.05) is 142 Å². The Bertz CT molecular complexity index is 778. The van der Waals surface area contributed by atoms with Crippen molar-refractivity contribution in [2.45, 2.75) is 201 Å². The molecule has 0 saturated carbocycles. The Morgan fingerprint density at radius 3 is 1.67 bits per heavy atom. The van der Waals surface area contributed by atoms with E-state index < -0.39 is 6.16 Å². The molecule has 0 aliphatic carbocycles. The lowest BCUT2D eigenvalue weighted by atomic mass is 9.93. The summed E-state index contributed by atoms with van der Waals surface area (Å²) in [6.45, 7) is 14.4. The monoisotopic (exact) mass is 692 g/mol. The number of hydrogen-bond acceptors (Lipinski definition) is 6. The molecule has 0 bridgehead atoms. The van der Waals surface area contributed by atoms with Crippen molar-refractivity contribution in [2.24, 2.45) is 5.92 Å². The van der Waals surface area contributed by atoms with Gasteiger partial charge < -0.3 is 19.1 Å². The van der Waals surface area contributed by atoms with Crippen molar-refractivity contribution in [1.82, 2.24) is 4.90 Å². The maximum atomic E-state index is 12.9. The normalized spacial score (nSPS) is 13.0. The number of ether oxygens (including phenoxy) is 3. The van der Waals surface area contributed by atoms with Gasteiger partial charge in [-0.05, 0) is 90.6 Å². The number of nitrogens with zero attached hydrogens (tertiary/aromatic N) is 1. The quantitative estimate of drug-likeness (QED) is 0.0370. The fourth-order valence-electron chi connectivity index (χ4n) is 6.33. The van der Waals surface area contributed by atoms with Gasteiger partial charge in [0.25, 0.3) is 0 Å². The summed E-state index contributed by atoms with van der Waals surface area (Å²) in [5.41, 5.74) is 0. The molecule has 0 radical (unpaired) electrons. The highest BCUT2D eigenvalue weighted by atomic mass is 16.7. The largest absolute Gasteiger partial charge is 0.508 e. The van der Waals surface area contributed by atoms with Gasteiger partial charge >= 0.3 is 12.1 Å². The van der Waals surface area contributed by atoms with Crippen molar-refractivity contribution in [2.75, 3.05) is 32.8 Å². The molecule has 288 valence electrons. The summed E-state index contributed by atoms with van der Waals surface area (Å²) >= 11 is 0. The van der Waals surface area contributed by atoms with Crippen molar-refractivity contribution in [3.8, 4) is 0 Å². The fourth-order valence-corrected chi connectivity index (χ4v) is 6.33. The molecule has 6 heteroatoms. The Balaban J connectivity index is 4.71. The van der Waals surface area contributed by atoms with Gasteiger partial charge in [0.2, 0.25) is 0 Å². The Kier molecular flexibility index (Phi) is 36.0. The molecule has 0 aromatic carbocycles. The molecule has 0 amide bonds. The molecule has 0 fully saturated rings. The van der Waals surface area contributed by atoms with E-state index in [-0.39, 0.29) is 18.0 Å². The minimum absolute atomic E-state index is 0.107. The average Bonchev–Trinajstić information content (AvgIpc) is 3.10. The zero-order valence-electron chi connectivity index (χ0n) is 33.2. The molecule has 6 nitrogen and oxygen atoms in total. The van der Waals surface area contributed by atoms with Crippen LogP contribution < -0.4 is 0 Å². The third-order valence-corrected chi connectivity index (χ3v) is 9.59. The highest BCUT2D eigenvalue weighted by molar-refractivity contribution is 5.72. The first-order valence-electron chi connectivity index (χ1n) is 21.0. The Hall–Kier alpha value is -1.82. The second-order valence-electron chi connectivity index (χ2n) is 13.9. The summed E-state index contributed by atoms with van der Waals surface area (Å²) in [7, 11) is 0. The Morgan fingerprint density at radius 2 is 1.08 bits per heavy atom. The number of esters is 1. The first-order valence-corrected chi connectivity index (χ1v) is 21.0. The summed E-state index contributed by atoms with van der Waals surface area (Å²) in [6, 6.07) is 0. The van der Waals surface area contributed by atoms with Gasteiger partial charge in [-0.2, -0.15) is 0 Å². The van der Waals surface area contributed by atoms with Gasteiger partial charge in [-0.15, -0.1) is 0 Å². The second kappa shape index (κ2) is 37.4. The Morgan fingerprint density at radius 1 is 0.551 bits per heavy atom. The van der Waals surface area contributed by atoms with Crippen LogP contribution in [0.3, 0.4) is 0 Å². The van der Waals surface area contributed by atoms with E-state index in [1.807, 2.05) is 6.92 Å². The number of carbonyl (C=O) groups excluding carboxylic acids is 2. The molecule has 2 unspecified atom stereocenters. The van der Waals surface area contributed by atoms with Crippen LogP contribution in [-0.2, 0) is 19.0 Å². The van der Waals surface area contributed by atoms with Gasteiger partial charge in [0.15, 0.2) is 0 Å². The number of rotatable bonds is 36. The minimum Gasteiger partial charge on any atom is -0.466 e. The van der Waals surface area contributed by atoms with E-state index in [0.29, 0.717) is 26.1 Å². The topological polar surface area (TPSA) is 65.1 Å². The van der Waals surface area contributed by atoms with E-state index in [1.54, 1.807) is 0 Å². The summed E-state index contributed by atoms with van der Waals surface area (Å²) in [6.07, 6.45) is 36.7. The van der Waals surface area contributed by atoms with E-state index in [2.05, 4.69) is 56.9 Å². The average molecular weight is 692 g/mol. The van der Waals surface area contributed by atoms with Crippen LogP contribution in [0.5, 0.6) is 0 Å². The van der Waals surface area contributed by atoms with Gasteiger partial charge in [0.1, 0.15) is 6.10 Å². The molecule has 0 rings (SSSR count). The van der Waals surface area contributed by atoms with Crippen LogP contribution >= 0.6 is 0 Å². The molecule has 0 N–H and O–H groups in total. The van der Waals surface area contributed by atoms with Gasteiger partial charge in [-0.3, -0.25) is 4.79 Å². The molecule has 0 aromatic heterocycles. The number of hydrogen-bond donors (Lipinski definition) is 0. The fraction of sp³-hybridized carbons (Fsp3) is 0.860. The highest BCUT2D eigenvalue weighted by Crippen LogP contribution is 2.23. The standard InChI is InChI=1S/C43H81NO5/c1-6-11-13-15-17-19-21-22-23-24-25-27-29-31-34-40(42(45)47-10-5)36-37-41(35-32-30-28-26-20-18-16-14-12-7-2)49-43(46)48-39-33-38-44(8-3)9-4/h17,19,22-23,40-41H,6-16,18,20-21,24-39H2,1-5H3/b19-17-,23-22-. The maximum absolute atomic E-state index is 12.9. The zero-order chi connectivity index (χ0) is 36.0. The summed E-state index contributed by atoms with van der Waals surface area (Å²) in [5.74, 6) is -0.252. The smallest absolute Gasteiger partial charge is 0.466 e. The minimum atomic E-state index is -0.568. The van der Waals surface area contributed by atoms with Crippen LogP contribution in [0.15, 0.2) is 24.3 Å². The summed E-state index contributed by atoms with van der Waals surface area (Å²) < 4.78 is 16.8. The van der Waals surface area contributed by atoms with E-state index in [4.69, 9.17) is 14.2 Å². The molecular formula is C43H81NO5. The highest BCUT2D eigenvalue weighted by Gasteiger charge is 2.23. The van der Waals surface area contributed by atoms with Crippen LogP contribution in [0.1, 0.15) is 195 Å². The maximum Gasteiger partial charge on any atom is 0.508 e. The van der Waals surface area contributed by atoms with Crippen molar-refractivity contribution < 1.29 is 23.8 Å². The van der Waals surface area contributed by atoms with Crippen molar-refractivity contribution in [1.29, 1.82) is 0 Å². The van der Waals surface area contributed by atoms with Crippen LogP contribution in [-0.4, -0.2) is 56.0 Å². The summed E-state index contributed by atoms with van der Waals surface area (Å²) in [5, 5.41) is 0. The predicted molar refractivity (Wildman–Crippen MR) is 209 cm³/mol. The first-order chi connectivity index (χ1) is 24.0. The SMILES string of the molecule is CCCCC/C=C\C/C=C\CCCCCCC(CCC(CCCCCCCCCCCC)OC(=O)OCCCN(CC)CC)C(=O)OCC. The molecule has 49 heavy (non-hydrogen) atoms. The zero-order valence-corrected chi connectivity index (χ0v) is 33.2. The second-order valence-corrected chi connectivity index (χ2v) is 13.9. The molecule has 0 heterocycles. The Labute approximate surface area is 304 Å². The third-order valence-electron chi connectivity index (χ3n) is 9.59. The molecule has 0 saturated heterocycles. The van der Waals surface area contributed by atoms with Crippen molar-refractivity contribution in [3.05, 3.63) is 24.3 Å². The van der Waals surface area contributed by atoms with Gasteiger partial charge in [0.05, 0.1) is 19.1 Å². The van der Waals surface area contributed by atoms with E-state index in [0.717, 1.165) is 77.4 Å². The molecule has 0 aromatic rings. The molecule has 2 atom stereocenters. The number of carbonyl (C=O) groups is 2. The molecule has 0 aliphatic rings. The van der Waals surface area contributed by atoms with E-state index in [9.17, 15) is 9.59 Å². The molecule has 0 spiro atoms. The lowest BCUT2D eigenvalue weighted by Crippen LogP contribution is -2.26. The van der Waals surface area contributed by atoms with Crippen LogP contribution in [0.25, 0.3) is 0 Å².